The second-order valence-corrected chi connectivity index (χ2v) is 14.6. The van der Waals surface area contributed by atoms with E-state index in [9.17, 15) is 0 Å². The Balaban J connectivity index is 0.000000213. The highest BCUT2D eigenvalue weighted by Gasteiger charge is 2.58. The van der Waals surface area contributed by atoms with Gasteiger partial charge in [-0.25, -0.2) is 4.98 Å². The van der Waals surface area contributed by atoms with Gasteiger partial charge in [0, 0.05) is 40.2 Å². The van der Waals surface area contributed by atoms with Crippen LogP contribution in [-0.4, -0.2) is 4.98 Å². The molecule has 6 nitrogen and oxygen atoms in total. The topological polar surface area (TPSA) is 129 Å². The molecule has 1 aromatic heterocycles. The average molecular weight is 727 g/mol. The van der Waals surface area contributed by atoms with Crippen LogP contribution in [0.5, 0.6) is 0 Å². The van der Waals surface area contributed by atoms with E-state index in [1.54, 1.807) is 0 Å². The van der Waals surface area contributed by atoms with Crippen LogP contribution in [0.3, 0.4) is 0 Å². The molecule has 1 atom stereocenters. The van der Waals surface area contributed by atoms with Gasteiger partial charge in [0.1, 0.15) is 0 Å². The molecule has 2 aliphatic rings. The monoisotopic (exact) mass is 726 g/mol. The van der Waals surface area contributed by atoms with Crippen LogP contribution in [0.4, 0.5) is 28.4 Å². The van der Waals surface area contributed by atoms with Crippen molar-refractivity contribution in [1.29, 1.82) is 0 Å². The highest BCUT2D eigenvalue weighted by atomic mass is 14.9. The number of anilines is 5. The molecule has 7 aromatic carbocycles. The number of pyridine rings is 1. The van der Waals surface area contributed by atoms with Crippen molar-refractivity contribution in [1.82, 2.24) is 4.98 Å². The molecule has 1 aliphatic carbocycles. The fraction of sp³-hybridized carbons (Fsp3) is 0.0600. The Morgan fingerprint density at radius 3 is 1.54 bits per heavy atom. The number of benzene rings is 7. The van der Waals surface area contributed by atoms with E-state index in [2.05, 4.69) is 127 Å². The van der Waals surface area contributed by atoms with E-state index >= 15 is 0 Å². The summed E-state index contributed by atoms with van der Waals surface area (Å²) in [6.07, 6.45) is 3.07. The molecule has 9 N–H and O–H groups in total. The lowest BCUT2D eigenvalue weighted by Crippen LogP contribution is -2.59. The van der Waals surface area contributed by atoms with Crippen LogP contribution in [0.1, 0.15) is 44.6 Å². The molecule has 0 spiro atoms. The maximum atomic E-state index is 8.07. The summed E-state index contributed by atoms with van der Waals surface area (Å²) >= 11 is 0. The summed E-state index contributed by atoms with van der Waals surface area (Å²) in [4.78, 5) is 5.25. The highest BCUT2D eigenvalue weighted by molar-refractivity contribution is 5.96. The van der Waals surface area contributed by atoms with E-state index in [4.69, 9.17) is 27.9 Å². The van der Waals surface area contributed by atoms with Gasteiger partial charge in [-0.2, -0.15) is 0 Å². The first-order chi connectivity index (χ1) is 27.3. The summed E-state index contributed by atoms with van der Waals surface area (Å²) in [6, 6.07) is 62.2. The van der Waals surface area contributed by atoms with E-state index < -0.39 is 11.0 Å². The molecule has 0 radical (unpaired) electrons. The Morgan fingerprint density at radius 1 is 0.500 bits per heavy atom. The van der Waals surface area contributed by atoms with Gasteiger partial charge < -0.3 is 28.3 Å². The van der Waals surface area contributed by atoms with Gasteiger partial charge in [-0.1, -0.05) is 121 Å². The fourth-order valence-electron chi connectivity index (χ4n) is 8.71. The zero-order valence-corrected chi connectivity index (χ0v) is 30.9. The smallest absolute Gasteiger partial charge is 0.0853 e. The summed E-state index contributed by atoms with van der Waals surface area (Å²) in [5.74, 6) is 0. The molecule has 8 aromatic rings. The molecule has 2 heterocycles. The maximum absolute atomic E-state index is 8.07. The number of nitrogens with zero attached hydrogens (tertiary/aromatic N) is 1. The number of nitrogen functional groups attached to an aromatic ring is 3. The van der Waals surface area contributed by atoms with Crippen molar-refractivity contribution in [3.8, 4) is 0 Å². The first-order valence-electron chi connectivity index (χ1n) is 18.8. The molecule has 0 bridgehead atoms. The molecule has 0 saturated carbocycles. The zero-order chi connectivity index (χ0) is 38.3. The summed E-state index contributed by atoms with van der Waals surface area (Å²) in [6.45, 7) is 0. The predicted molar refractivity (Wildman–Crippen MR) is 233 cm³/mol. The number of hydrogen-bond donors (Lipinski definition) is 5. The van der Waals surface area contributed by atoms with Crippen LogP contribution in [-0.2, 0) is 17.4 Å². The standard InChI is InChI=1S/C37H29N3.C13H13N3/c38-31-21-22-34-27(23-31)24-33-35(40-34)25-32(26-13-5-1-6-14-26)37(39,30-19-11-4-12-20-30)36(33,28-15-7-2-8-16-28)29-17-9-3-10-18-29;14-10-1-3-12-8(6-10)5-9-7-11(15)2-4-13(9)16-12/h1-25H,38-39H2;1-4,6-7,16H,5,14-15H2. The lowest BCUT2D eigenvalue weighted by atomic mass is 9.50. The quantitative estimate of drug-likeness (QED) is 0.115. The van der Waals surface area contributed by atoms with Gasteiger partial charge >= 0.3 is 0 Å². The average Bonchev–Trinajstić information content (AvgIpc) is 3.24. The van der Waals surface area contributed by atoms with Gasteiger partial charge in [0.2, 0.25) is 0 Å². The molecule has 1 unspecified atom stereocenters. The van der Waals surface area contributed by atoms with Crippen LogP contribution in [0.2, 0.25) is 0 Å². The lowest BCUT2D eigenvalue weighted by molar-refractivity contribution is 0.392. The van der Waals surface area contributed by atoms with Gasteiger partial charge in [-0.15, -0.1) is 0 Å². The van der Waals surface area contributed by atoms with Crippen molar-refractivity contribution in [3.05, 3.63) is 227 Å². The van der Waals surface area contributed by atoms with E-state index in [1.165, 1.54) is 11.1 Å². The predicted octanol–water partition coefficient (Wildman–Crippen LogP) is 10.1. The van der Waals surface area contributed by atoms with Crippen molar-refractivity contribution in [2.24, 2.45) is 5.73 Å². The lowest BCUT2D eigenvalue weighted by Gasteiger charge is -2.54. The minimum absolute atomic E-state index is 0.706. The SMILES string of the molecule is Nc1ccc2c(c1)Cc1cc(N)ccc1N2.Nc1ccc2nc3c(cc2c1)C(c1ccccc1)(c1ccccc1)C(N)(c1ccccc1)C(c1ccccc1)=C3. The zero-order valence-electron chi connectivity index (χ0n) is 30.9. The first-order valence-corrected chi connectivity index (χ1v) is 18.8. The Morgan fingerprint density at radius 2 is 0.982 bits per heavy atom. The molecular weight excluding hydrogens is 685 g/mol. The Kier molecular flexibility index (Phi) is 8.60. The van der Waals surface area contributed by atoms with Gasteiger partial charge in [-0.05, 0) is 111 Å². The van der Waals surface area contributed by atoms with E-state index in [-0.39, 0.29) is 0 Å². The van der Waals surface area contributed by atoms with E-state index in [0.29, 0.717) is 5.69 Å². The minimum Gasteiger partial charge on any atom is -0.399 e. The molecule has 6 heteroatoms. The van der Waals surface area contributed by atoms with Crippen LogP contribution in [0, 0.1) is 0 Å². The van der Waals surface area contributed by atoms with Crippen LogP contribution in [0.25, 0.3) is 22.6 Å². The third kappa shape index (κ3) is 5.75. The maximum Gasteiger partial charge on any atom is 0.0853 e. The molecule has 0 amide bonds. The van der Waals surface area contributed by atoms with Gasteiger partial charge in [0.25, 0.3) is 0 Å². The van der Waals surface area contributed by atoms with Crippen LogP contribution in [0.15, 0.2) is 182 Å². The molecule has 0 fully saturated rings. The van der Waals surface area contributed by atoms with E-state index in [0.717, 1.165) is 79.2 Å². The van der Waals surface area contributed by atoms with Crippen molar-refractivity contribution < 1.29 is 0 Å². The molecule has 56 heavy (non-hydrogen) atoms. The van der Waals surface area contributed by atoms with Gasteiger partial charge in [0.15, 0.2) is 0 Å². The molecule has 272 valence electrons. The van der Waals surface area contributed by atoms with Crippen LogP contribution < -0.4 is 28.3 Å². The van der Waals surface area contributed by atoms with Gasteiger partial charge in [0.05, 0.1) is 22.2 Å². The summed E-state index contributed by atoms with van der Waals surface area (Å²) in [7, 11) is 0. The number of aromatic nitrogens is 1. The molecule has 1 aliphatic heterocycles. The van der Waals surface area contributed by atoms with Crippen molar-refractivity contribution in [3.63, 3.8) is 0 Å². The third-order valence-electron chi connectivity index (χ3n) is 11.2. The number of nitrogens with one attached hydrogen (secondary N) is 1. The molecular formula is C50H42N6. The van der Waals surface area contributed by atoms with Crippen LogP contribution >= 0.6 is 0 Å². The Hall–Kier alpha value is -7.15. The highest BCUT2D eigenvalue weighted by Crippen LogP contribution is 2.60. The Labute approximate surface area is 327 Å². The summed E-state index contributed by atoms with van der Waals surface area (Å²) in [5.41, 5.74) is 39.2. The Bertz CT molecular complexity index is 2640. The number of fused-ring (bicyclic) bond motifs is 4. The molecule has 10 rings (SSSR count). The third-order valence-corrected chi connectivity index (χ3v) is 11.2. The normalized spacial score (nSPS) is 16.2. The second-order valence-electron chi connectivity index (χ2n) is 14.6. The summed E-state index contributed by atoms with van der Waals surface area (Å²) in [5, 5.41) is 4.37. The fourth-order valence-corrected chi connectivity index (χ4v) is 8.71. The largest absolute Gasteiger partial charge is 0.399 e. The first kappa shape index (κ1) is 34.6. The number of rotatable bonds is 4. The van der Waals surface area contributed by atoms with E-state index in [1.807, 2.05) is 66.7 Å². The number of hydrogen-bond acceptors (Lipinski definition) is 6. The minimum atomic E-state index is -0.999. The van der Waals surface area contributed by atoms with Crippen molar-refractivity contribution >= 4 is 51.0 Å². The van der Waals surface area contributed by atoms with Crippen molar-refractivity contribution in [2.75, 3.05) is 22.5 Å². The van der Waals surface area contributed by atoms with Crippen molar-refractivity contribution in [2.45, 2.75) is 17.4 Å². The summed E-state index contributed by atoms with van der Waals surface area (Å²) < 4.78 is 0. The molecule has 0 saturated heterocycles. The second kappa shape index (κ2) is 13.9. The van der Waals surface area contributed by atoms with Gasteiger partial charge in [-0.3, -0.25) is 0 Å². The number of nitrogens with two attached hydrogens (primary N) is 4.